The van der Waals surface area contributed by atoms with Gasteiger partial charge in [-0.1, -0.05) is 0 Å². The quantitative estimate of drug-likeness (QED) is 0.798. The molecule has 7 nitrogen and oxygen atoms in total. The Morgan fingerprint density at radius 1 is 1.14 bits per heavy atom. The summed E-state index contributed by atoms with van der Waals surface area (Å²) in [7, 11) is 0. The van der Waals surface area contributed by atoms with Gasteiger partial charge in [-0.15, -0.1) is 0 Å². The van der Waals surface area contributed by atoms with Crippen molar-refractivity contribution in [1.29, 1.82) is 0 Å². The Morgan fingerprint density at radius 2 is 1.89 bits per heavy atom. The van der Waals surface area contributed by atoms with Gasteiger partial charge in [-0.2, -0.15) is 0 Å². The third-order valence-electron chi connectivity index (χ3n) is 5.52. The van der Waals surface area contributed by atoms with Crippen LogP contribution in [0.1, 0.15) is 18.7 Å². The lowest BCUT2D eigenvalue weighted by Crippen LogP contribution is -2.54. The zero-order valence-electron chi connectivity index (χ0n) is 15.1. The Bertz CT molecular complexity index is 843. The second kappa shape index (κ2) is 7.61. The first kappa shape index (κ1) is 19.0. The number of nitrogens with zero attached hydrogens (tertiary/aromatic N) is 4. The second-order valence-corrected chi connectivity index (χ2v) is 7.31. The average Bonchev–Trinajstić information content (AvgIpc) is 3.07. The summed E-state index contributed by atoms with van der Waals surface area (Å²) in [6.07, 6.45) is 2.86. The maximum absolute atomic E-state index is 14.2. The normalized spacial score (nSPS) is 32.1. The predicted octanol–water partition coefficient (Wildman–Crippen LogP) is 1.37. The molecule has 0 radical (unpaired) electrons. The van der Waals surface area contributed by atoms with E-state index in [-0.39, 0.29) is 12.5 Å². The minimum Gasteiger partial charge on any atom is -0.401 e. The van der Waals surface area contributed by atoms with Crippen LogP contribution in [0.3, 0.4) is 0 Å². The maximum Gasteiger partial charge on any atom is 0.161 e. The van der Waals surface area contributed by atoms with Crippen molar-refractivity contribution in [2.75, 3.05) is 19.7 Å². The van der Waals surface area contributed by atoms with Crippen molar-refractivity contribution in [2.45, 2.75) is 31.0 Å². The molecular weight excluding hydrogens is 373 g/mol. The van der Waals surface area contributed by atoms with Crippen molar-refractivity contribution in [3.05, 3.63) is 47.7 Å². The molecule has 4 atom stereocenters. The molecule has 0 saturated carbocycles. The van der Waals surface area contributed by atoms with Crippen molar-refractivity contribution in [3.63, 3.8) is 0 Å². The van der Waals surface area contributed by atoms with Gasteiger partial charge in [-0.25, -0.2) is 28.1 Å². The summed E-state index contributed by atoms with van der Waals surface area (Å²) in [6, 6.07) is -0.545. The van der Waals surface area contributed by atoms with Gasteiger partial charge in [0.15, 0.2) is 11.7 Å². The molecule has 0 aromatic carbocycles. The van der Waals surface area contributed by atoms with Crippen LogP contribution in [0.15, 0.2) is 41.9 Å². The fourth-order valence-electron chi connectivity index (χ4n) is 4.04. The van der Waals surface area contributed by atoms with Crippen molar-refractivity contribution in [3.8, 4) is 0 Å². The lowest BCUT2D eigenvalue weighted by atomic mass is 9.84. The first-order chi connectivity index (χ1) is 13.4. The number of nitrogens with two attached hydrogens (primary N) is 2. The Hall–Kier alpha value is -2.30. The molecule has 3 heterocycles. The fraction of sp³-hybridized carbons (Fsp3) is 0.500. The Morgan fingerprint density at radius 3 is 2.61 bits per heavy atom. The third kappa shape index (κ3) is 3.54. The first-order valence-corrected chi connectivity index (χ1v) is 9.06. The molecule has 1 fully saturated rings. The monoisotopic (exact) mass is 394 g/mol. The van der Waals surface area contributed by atoms with Crippen LogP contribution in [-0.4, -0.2) is 57.7 Å². The van der Waals surface area contributed by atoms with Crippen LogP contribution in [0.5, 0.6) is 0 Å². The van der Waals surface area contributed by atoms with Crippen LogP contribution in [0.25, 0.3) is 5.57 Å². The van der Waals surface area contributed by atoms with Gasteiger partial charge in [0.25, 0.3) is 0 Å². The molecule has 0 spiro atoms. The van der Waals surface area contributed by atoms with Gasteiger partial charge in [0.05, 0.1) is 12.7 Å². The largest absolute Gasteiger partial charge is 0.401 e. The molecule has 3 aliphatic rings. The topological polar surface area (TPSA) is 103 Å². The molecule has 4 rings (SSSR count). The van der Waals surface area contributed by atoms with Crippen LogP contribution in [0, 0.1) is 5.92 Å². The van der Waals surface area contributed by atoms with E-state index in [1.165, 1.54) is 12.7 Å². The molecule has 1 saturated heterocycles. The lowest BCUT2D eigenvalue weighted by molar-refractivity contribution is -0.0673. The third-order valence-corrected chi connectivity index (χ3v) is 5.52. The Labute approximate surface area is 160 Å². The number of hydrogen-bond acceptors (Lipinski definition) is 7. The number of hydrogen-bond donors (Lipinski definition) is 2. The van der Waals surface area contributed by atoms with E-state index in [0.717, 1.165) is 5.57 Å². The van der Waals surface area contributed by atoms with Gasteiger partial charge in [0, 0.05) is 54.9 Å². The molecule has 1 aromatic rings. The maximum atomic E-state index is 14.2. The SMILES string of the molecule is NC1=C(c2ncncn2)CN(C2CO[C@H](C3CC(F)=C(F)C=C3F)C(N)C2)C1. The van der Waals surface area contributed by atoms with E-state index in [0.29, 0.717) is 43.7 Å². The van der Waals surface area contributed by atoms with Crippen LogP contribution in [0.2, 0.25) is 0 Å². The molecule has 10 heteroatoms. The van der Waals surface area contributed by atoms with Gasteiger partial charge in [0.2, 0.25) is 0 Å². The minimum atomic E-state index is -1.17. The van der Waals surface area contributed by atoms with Gasteiger partial charge >= 0.3 is 0 Å². The molecule has 1 aliphatic carbocycles. The van der Waals surface area contributed by atoms with E-state index >= 15 is 0 Å². The predicted molar refractivity (Wildman–Crippen MR) is 95.2 cm³/mol. The van der Waals surface area contributed by atoms with E-state index in [2.05, 4.69) is 19.9 Å². The fourth-order valence-corrected chi connectivity index (χ4v) is 4.04. The van der Waals surface area contributed by atoms with Crippen LogP contribution < -0.4 is 11.5 Å². The van der Waals surface area contributed by atoms with Gasteiger partial charge < -0.3 is 16.2 Å². The van der Waals surface area contributed by atoms with E-state index < -0.39 is 35.5 Å². The van der Waals surface area contributed by atoms with Crippen molar-refractivity contribution >= 4 is 5.57 Å². The molecular formula is C18H21F3N6O. The zero-order valence-corrected chi connectivity index (χ0v) is 15.1. The van der Waals surface area contributed by atoms with Gasteiger partial charge in [0.1, 0.15) is 24.3 Å². The smallest absolute Gasteiger partial charge is 0.161 e. The van der Waals surface area contributed by atoms with E-state index in [4.69, 9.17) is 16.2 Å². The van der Waals surface area contributed by atoms with Gasteiger partial charge in [-0.3, -0.25) is 4.90 Å². The standard InChI is InChI=1S/C18H21F3N6O/c19-12-3-14(21)13(20)2-10(12)17-15(22)1-9(6-28-17)27-4-11(16(23)5-27)18-25-7-24-8-26-18/h3,7-10,15,17H,1-2,4-6,22-23H2/t9?,10?,15?,17-/m1/s1. The van der Waals surface area contributed by atoms with Crippen molar-refractivity contribution in [2.24, 2.45) is 17.4 Å². The van der Waals surface area contributed by atoms with E-state index in [1.807, 2.05) is 0 Å². The summed E-state index contributed by atoms with van der Waals surface area (Å²) in [5, 5.41) is 0. The van der Waals surface area contributed by atoms with E-state index in [1.54, 1.807) is 0 Å². The lowest BCUT2D eigenvalue weighted by Gasteiger charge is -2.41. The highest BCUT2D eigenvalue weighted by molar-refractivity contribution is 5.66. The van der Waals surface area contributed by atoms with Crippen molar-refractivity contribution < 1.29 is 17.9 Å². The highest BCUT2D eigenvalue weighted by Crippen LogP contribution is 2.38. The number of ether oxygens (including phenoxy) is 1. The molecule has 0 bridgehead atoms. The van der Waals surface area contributed by atoms with E-state index in [9.17, 15) is 13.2 Å². The molecule has 1 aromatic heterocycles. The molecule has 150 valence electrons. The van der Waals surface area contributed by atoms with Crippen LogP contribution >= 0.6 is 0 Å². The Kier molecular flexibility index (Phi) is 5.17. The molecule has 3 unspecified atom stereocenters. The number of rotatable bonds is 3. The molecule has 28 heavy (non-hydrogen) atoms. The van der Waals surface area contributed by atoms with Crippen molar-refractivity contribution in [1.82, 2.24) is 19.9 Å². The van der Waals surface area contributed by atoms with Crippen LogP contribution in [-0.2, 0) is 4.74 Å². The second-order valence-electron chi connectivity index (χ2n) is 7.31. The Balaban J connectivity index is 1.40. The summed E-state index contributed by atoms with van der Waals surface area (Å²) in [6.45, 7) is 1.36. The van der Waals surface area contributed by atoms with Gasteiger partial charge in [-0.05, 0) is 6.42 Å². The summed E-state index contributed by atoms with van der Waals surface area (Å²) in [5.74, 6) is -3.24. The number of halogens is 3. The summed E-state index contributed by atoms with van der Waals surface area (Å²) >= 11 is 0. The molecule has 4 N–H and O–H groups in total. The molecule has 2 aliphatic heterocycles. The zero-order chi connectivity index (χ0) is 19.8. The van der Waals surface area contributed by atoms with Crippen LogP contribution in [0.4, 0.5) is 13.2 Å². The first-order valence-electron chi connectivity index (χ1n) is 9.06. The highest BCUT2D eigenvalue weighted by Gasteiger charge is 2.41. The summed E-state index contributed by atoms with van der Waals surface area (Å²) < 4.78 is 46.8. The summed E-state index contributed by atoms with van der Waals surface area (Å²) in [4.78, 5) is 14.2. The minimum absolute atomic E-state index is 0.0307. The summed E-state index contributed by atoms with van der Waals surface area (Å²) in [5.41, 5.74) is 13.9. The highest BCUT2D eigenvalue weighted by atomic mass is 19.2. The molecule has 0 amide bonds. The number of aromatic nitrogens is 3. The number of allylic oxidation sites excluding steroid dienone is 3. The average molecular weight is 394 g/mol.